The lowest BCUT2D eigenvalue weighted by atomic mass is 10.4. The van der Waals surface area contributed by atoms with E-state index < -0.39 is 11.8 Å². The molecular weight excluding hydrogens is 274 g/mol. The molecule has 19 heavy (non-hydrogen) atoms. The molecule has 0 aromatic carbocycles. The van der Waals surface area contributed by atoms with E-state index in [1.165, 1.54) is 12.3 Å². The third kappa shape index (κ3) is 5.64. The lowest BCUT2D eigenvalue weighted by Crippen LogP contribution is -2.37. The zero-order valence-corrected chi connectivity index (χ0v) is 10.8. The number of aliphatic hydroxyl groups excluding tert-OH is 1. The summed E-state index contributed by atoms with van der Waals surface area (Å²) in [6.07, 6.45) is 1.47. The monoisotopic (exact) mass is 287 g/mol. The average Bonchev–Trinajstić information content (AvgIpc) is 2.41. The molecule has 0 radical (unpaired) electrons. The summed E-state index contributed by atoms with van der Waals surface area (Å²) in [5.41, 5.74) is 0.265. The van der Waals surface area contributed by atoms with E-state index in [1.54, 1.807) is 6.07 Å². The predicted octanol–water partition coefficient (Wildman–Crippen LogP) is -0.201. The molecule has 0 saturated carbocycles. The van der Waals surface area contributed by atoms with Gasteiger partial charge >= 0.3 is 11.8 Å². The number of aromatic nitrogens is 1. The van der Waals surface area contributed by atoms with Crippen LogP contribution in [0.2, 0.25) is 5.15 Å². The molecule has 1 aromatic rings. The molecule has 3 N–H and O–H groups in total. The Balaban J connectivity index is 2.33. The maximum Gasteiger partial charge on any atom is 0.313 e. The summed E-state index contributed by atoms with van der Waals surface area (Å²) in [5, 5.41) is 13.3. The van der Waals surface area contributed by atoms with Crippen LogP contribution in [-0.4, -0.2) is 48.3 Å². The summed E-state index contributed by atoms with van der Waals surface area (Å²) in [4.78, 5) is 26.7. The fourth-order valence-corrected chi connectivity index (χ4v) is 1.31. The van der Waals surface area contributed by atoms with Crippen molar-refractivity contribution in [3.63, 3.8) is 0 Å². The molecule has 2 amide bonds. The van der Waals surface area contributed by atoms with Crippen LogP contribution in [0.25, 0.3) is 0 Å². The second-order valence-electron chi connectivity index (χ2n) is 3.39. The minimum Gasteiger partial charge on any atom is -0.394 e. The number of carbonyl (C=O) groups excluding carboxylic acids is 2. The summed E-state index contributed by atoms with van der Waals surface area (Å²) < 4.78 is 4.92. The lowest BCUT2D eigenvalue weighted by Gasteiger charge is -2.07. The maximum absolute atomic E-state index is 11.5. The van der Waals surface area contributed by atoms with Crippen LogP contribution < -0.4 is 10.6 Å². The van der Waals surface area contributed by atoms with E-state index in [0.717, 1.165) is 0 Å². The van der Waals surface area contributed by atoms with Gasteiger partial charge in [0.1, 0.15) is 0 Å². The Hall–Kier alpha value is -1.70. The minimum atomic E-state index is -0.836. The van der Waals surface area contributed by atoms with Crippen molar-refractivity contribution in [2.24, 2.45) is 0 Å². The Morgan fingerprint density at radius 1 is 1.37 bits per heavy atom. The third-order valence-corrected chi connectivity index (χ3v) is 2.28. The van der Waals surface area contributed by atoms with E-state index in [4.69, 9.17) is 21.4 Å². The number of anilines is 1. The predicted molar refractivity (Wildman–Crippen MR) is 68.8 cm³/mol. The summed E-state index contributed by atoms with van der Waals surface area (Å²) >= 11 is 5.73. The van der Waals surface area contributed by atoms with E-state index in [9.17, 15) is 9.59 Å². The van der Waals surface area contributed by atoms with Crippen LogP contribution >= 0.6 is 11.6 Å². The van der Waals surface area contributed by atoms with Crippen LogP contribution in [-0.2, 0) is 14.3 Å². The van der Waals surface area contributed by atoms with Gasteiger partial charge in [-0.2, -0.15) is 0 Å². The first kappa shape index (κ1) is 15.4. The average molecular weight is 288 g/mol. The first-order chi connectivity index (χ1) is 9.15. The van der Waals surface area contributed by atoms with E-state index in [-0.39, 0.29) is 37.2 Å². The third-order valence-electron chi connectivity index (χ3n) is 1.98. The van der Waals surface area contributed by atoms with Gasteiger partial charge in [0, 0.05) is 12.7 Å². The SMILES string of the molecule is O=C(NCCOCCO)C(=O)Nc1cccnc1Cl. The van der Waals surface area contributed by atoms with E-state index in [0.29, 0.717) is 0 Å². The van der Waals surface area contributed by atoms with Gasteiger partial charge in [-0.05, 0) is 12.1 Å². The molecule has 0 aliphatic carbocycles. The quantitative estimate of drug-likeness (QED) is 0.382. The largest absolute Gasteiger partial charge is 0.394 e. The Morgan fingerprint density at radius 2 is 2.16 bits per heavy atom. The summed E-state index contributed by atoms with van der Waals surface area (Å²) in [7, 11) is 0. The smallest absolute Gasteiger partial charge is 0.313 e. The maximum atomic E-state index is 11.5. The molecule has 0 unspecified atom stereocenters. The van der Waals surface area contributed by atoms with Crippen LogP contribution in [0.15, 0.2) is 18.3 Å². The first-order valence-corrected chi connectivity index (χ1v) is 5.91. The topological polar surface area (TPSA) is 101 Å². The Morgan fingerprint density at radius 3 is 2.84 bits per heavy atom. The van der Waals surface area contributed by atoms with Gasteiger partial charge in [-0.15, -0.1) is 0 Å². The highest BCUT2D eigenvalue weighted by atomic mass is 35.5. The number of hydrogen-bond donors (Lipinski definition) is 3. The van der Waals surface area contributed by atoms with Crippen molar-refractivity contribution in [1.82, 2.24) is 10.3 Å². The van der Waals surface area contributed by atoms with Crippen molar-refractivity contribution in [2.45, 2.75) is 0 Å². The molecule has 7 nitrogen and oxygen atoms in total. The molecule has 0 spiro atoms. The van der Waals surface area contributed by atoms with Gasteiger partial charge in [0.05, 0.1) is 25.5 Å². The zero-order chi connectivity index (χ0) is 14.1. The number of amides is 2. The molecule has 0 aliphatic heterocycles. The fourth-order valence-electron chi connectivity index (χ4n) is 1.14. The van der Waals surface area contributed by atoms with E-state index in [1.807, 2.05) is 0 Å². The van der Waals surface area contributed by atoms with Gasteiger partial charge < -0.3 is 20.5 Å². The second kappa shape index (κ2) is 8.41. The number of nitrogens with zero attached hydrogens (tertiary/aromatic N) is 1. The normalized spacial score (nSPS) is 10.0. The molecule has 0 aliphatic rings. The van der Waals surface area contributed by atoms with Crippen LogP contribution in [0.3, 0.4) is 0 Å². The van der Waals surface area contributed by atoms with Crippen LogP contribution in [0.5, 0.6) is 0 Å². The lowest BCUT2D eigenvalue weighted by molar-refractivity contribution is -0.136. The molecule has 0 atom stereocenters. The van der Waals surface area contributed by atoms with Crippen molar-refractivity contribution in [2.75, 3.05) is 31.7 Å². The fraction of sp³-hybridized carbons (Fsp3) is 0.364. The standard InChI is InChI=1S/C11H14ClN3O4/c12-9-8(2-1-3-13-9)15-11(18)10(17)14-4-6-19-7-5-16/h1-3,16H,4-7H2,(H,14,17)(H,15,18). The second-order valence-corrected chi connectivity index (χ2v) is 3.75. The number of aliphatic hydroxyl groups is 1. The Bertz CT molecular complexity index is 442. The molecule has 0 saturated heterocycles. The number of pyridine rings is 1. The highest BCUT2D eigenvalue weighted by molar-refractivity contribution is 6.41. The number of hydrogen-bond acceptors (Lipinski definition) is 5. The van der Waals surface area contributed by atoms with Gasteiger partial charge in [0.25, 0.3) is 0 Å². The molecule has 0 fully saturated rings. The molecular formula is C11H14ClN3O4. The zero-order valence-electron chi connectivity index (χ0n) is 10.1. The van der Waals surface area contributed by atoms with Crippen molar-refractivity contribution in [1.29, 1.82) is 0 Å². The van der Waals surface area contributed by atoms with Gasteiger partial charge in [-0.3, -0.25) is 9.59 Å². The summed E-state index contributed by atoms with van der Waals surface area (Å²) in [6.45, 7) is 0.488. The molecule has 0 bridgehead atoms. The number of ether oxygens (including phenoxy) is 1. The Labute approximate surface area is 114 Å². The van der Waals surface area contributed by atoms with E-state index >= 15 is 0 Å². The van der Waals surface area contributed by atoms with Crippen molar-refractivity contribution in [3.05, 3.63) is 23.5 Å². The highest BCUT2D eigenvalue weighted by Crippen LogP contribution is 2.16. The molecule has 104 valence electrons. The Kier molecular flexibility index (Phi) is 6.80. The van der Waals surface area contributed by atoms with Gasteiger partial charge in [-0.1, -0.05) is 11.6 Å². The minimum absolute atomic E-state index is 0.0893. The van der Waals surface area contributed by atoms with Gasteiger partial charge in [0.15, 0.2) is 5.15 Å². The van der Waals surface area contributed by atoms with Crippen LogP contribution in [0.1, 0.15) is 0 Å². The number of carbonyl (C=O) groups is 2. The molecule has 1 aromatic heterocycles. The number of rotatable bonds is 6. The van der Waals surface area contributed by atoms with Crippen molar-refractivity contribution < 1.29 is 19.4 Å². The van der Waals surface area contributed by atoms with Crippen molar-refractivity contribution >= 4 is 29.1 Å². The summed E-state index contributed by atoms with van der Waals surface area (Å²) in [6, 6.07) is 3.12. The number of halogens is 1. The summed E-state index contributed by atoms with van der Waals surface area (Å²) in [5.74, 6) is -1.63. The first-order valence-electron chi connectivity index (χ1n) is 5.53. The molecule has 1 rings (SSSR count). The van der Waals surface area contributed by atoms with Crippen LogP contribution in [0, 0.1) is 0 Å². The molecule has 1 heterocycles. The van der Waals surface area contributed by atoms with Crippen molar-refractivity contribution in [3.8, 4) is 0 Å². The van der Waals surface area contributed by atoms with E-state index in [2.05, 4.69) is 15.6 Å². The highest BCUT2D eigenvalue weighted by Gasteiger charge is 2.14. The number of nitrogens with one attached hydrogen (secondary N) is 2. The van der Waals surface area contributed by atoms with Gasteiger partial charge in [0.2, 0.25) is 0 Å². The molecule has 8 heteroatoms. The van der Waals surface area contributed by atoms with Gasteiger partial charge in [-0.25, -0.2) is 4.98 Å². The van der Waals surface area contributed by atoms with Crippen LogP contribution in [0.4, 0.5) is 5.69 Å².